The van der Waals surface area contributed by atoms with Crippen molar-refractivity contribution >= 4 is 12.4 Å². The number of rotatable bonds is 1. The molecule has 2 rings (SSSR count). The van der Waals surface area contributed by atoms with Crippen molar-refractivity contribution in [1.29, 1.82) is 0 Å². The molecule has 1 aromatic rings. The normalized spacial score (nSPS) is 22.0. The van der Waals surface area contributed by atoms with E-state index in [4.69, 9.17) is 0 Å². The zero-order valence-corrected chi connectivity index (χ0v) is 8.26. The van der Waals surface area contributed by atoms with Crippen LogP contribution in [0.15, 0.2) is 18.7 Å². The minimum absolute atomic E-state index is 0. The predicted octanol–water partition coefficient (Wildman–Crippen LogP) is 1.71. The lowest BCUT2D eigenvalue weighted by atomic mass is 10.0. The van der Waals surface area contributed by atoms with Gasteiger partial charge in [0.1, 0.15) is 6.33 Å². The van der Waals surface area contributed by atoms with Crippen LogP contribution in [-0.4, -0.2) is 16.5 Å². The van der Waals surface area contributed by atoms with Gasteiger partial charge in [0, 0.05) is 24.0 Å². The summed E-state index contributed by atoms with van der Waals surface area (Å²) in [6.45, 7) is 1.12. The van der Waals surface area contributed by atoms with Gasteiger partial charge in [-0.1, -0.05) is 6.42 Å². The fourth-order valence-corrected chi connectivity index (χ4v) is 1.63. The molecule has 1 N–H and O–H groups in total. The highest BCUT2D eigenvalue weighted by Crippen LogP contribution is 2.20. The van der Waals surface area contributed by atoms with Crippen molar-refractivity contribution in [2.75, 3.05) is 6.54 Å². The molecule has 1 aromatic heterocycles. The van der Waals surface area contributed by atoms with E-state index in [9.17, 15) is 0 Å². The maximum absolute atomic E-state index is 4.01. The van der Waals surface area contributed by atoms with E-state index >= 15 is 0 Å². The standard InChI is InChI=1S/C9H13N3.ClH/c1-2-4-12-9(3-1)8-5-10-7-11-6-8;/h5-7,9,12H,1-4H2;1H/t9-;/m0./s1. The average Bonchev–Trinajstić information content (AvgIpc) is 2.21. The van der Waals surface area contributed by atoms with E-state index in [1.807, 2.05) is 12.4 Å². The third-order valence-corrected chi connectivity index (χ3v) is 2.29. The molecule has 13 heavy (non-hydrogen) atoms. The van der Waals surface area contributed by atoms with Gasteiger partial charge in [-0.05, 0) is 19.4 Å². The second-order valence-corrected chi connectivity index (χ2v) is 3.17. The maximum Gasteiger partial charge on any atom is 0.115 e. The van der Waals surface area contributed by atoms with Gasteiger partial charge in [-0.3, -0.25) is 0 Å². The minimum Gasteiger partial charge on any atom is -0.310 e. The Balaban J connectivity index is 0.000000845. The molecule has 1 atom stereocenters. The van der Waals surface area contributed by atoms with Crippen molar-refractivity contribution in [3.8, 4) is 0 Å². The zero-order valence-electron chi connectivity index (χ0n) is 7.44. The highest BCUT2D eigenvalue weighted by atomic mass is 35.5. The van der Waals surface area contributed by atoms with Crippen LogP contribution in [0, 0.1) is 0 Å². The number of hydrogen-bond donors (Lipinski definition) is 1. The molecule has 4 heteroatoms. The topological polar surface area (TPSA) is 37.8 Å². The van der Waals surface area contributed by atoms with E-state index in [0.717, 1.165) is 6.54 Å². The van der Waals surface area contributed by atoms with E-state index in [2.05, 4.69) is 15.3 Å². The van der Waals surface area contributed by atoms with Crippen molar-refractivity contribution in [2.24, 2.45) is 0 Å². The van der Waals surface area contributed by atoms with Crippen molar-refractivity contribution in [3.63, 3.8) is 0 Å². The predicted molar refractivity (Wildman–Crippen MR) is 53.9 cm³/mol. The molecular weight excluding hydrogens is 186 g/mol. The molecule has 0 unspecified atom stereocenters. The zero-order chi connectivity index (χ0) is 8.23. The van der Waals surface area contributed by atoms with Crippen LogP contribution >= 0.6 is 12.4 Å². The Morgan fingerprint density at radius 1 is 1.23 bits per heavy atom. The quantitative estimate of drug-likeness (QED) is 0.749. The van der Waals surface area contributed by atoms with Gasteiger partial charge in [0.25, 0.3) is 0 Å². The fourth-order valence-electron chi connectivity index (χ4n) is 1.63. The Labute approximate surface area is 84.4 Å². The minimum atomic E-state index is 0. The van der Waals surface area contributed by atoms with Crippen LogP contribution in [0.2, 0.25) is 0 Å². The van der Waals surface area contributed by atoms with Crippen LogP contribution in [0.4, 0.5) is 0 Å². The molecule has 1 saturated heterocycles. The summed E-state index contributed by atoms with van der Waals surface area (Å²) in [7, 11) is 0. The number of hydrogen-bond acceptors (Lipinski definition) is 3. The number of piperidine rings is 1. The molecular formula is C9H14ClN3. The van der Waals surface area contributed by atoms with Gasteiger partial charge in [-0.25, -0.2) is 9.97 Å². The molecule has 0 aromatic carbocycles. The highest BCUT2D eigenvalue weighted by molar-refractivity contribution is 5.85. The molecule has 0 spiro atoms. The van der Waals surface area contributed by atoms with Crippen molar-refractivity contribution < 1.29 is 0 Å². The van der Waals surface area contributed by atoms with Crippen molar-refractivity contribution in [3.05, 3.63) is 24.3 Å². The van der Waals surface area contributed by atoms with E-state index in [1.54, 1.807) is 6.33 Å². The lowest BCUT2D eigenvalue weighted by molar-refractivity contribution is 0.410. The lowest BCUT2D eigenvalue weighted by Gasteiger charge is -2.22. The van der Waals surface area contributed by atoms with Gasteiger partial charge < -0.3 is 5.32 Å². The van der Waals surface area contributed by atoms with Crippen LogP contribution in [0.3, 0.4) is 0 Å². The van der Waals surface area contributed by atoms with Crippen molar-refractivity contribution in [1.82, 2.24) is 15.3 Å². The van der Waals surface area contributed by atoms with Crippen LogP contribution < -0.4 is 5.32 Å². The van der Waals surface area contributed by atoms with Gasteiger partial charge in [0.15, 0.2) is 0 Å². The van der Waals surface area contributed by atoms with Crippen LogP contribution in [0.1, 0.15) is 30.9 Å². The first-order valence-corrected chi connectivity index (χ1v) is 4.45. The summed E-state index contributed by atoms with van der Waals surface area (Å²) in [6.07, 6.45) is 9.20. The Morgan fingerprint density at radius 2 is 2.00 bits per heavy atom. The van der Waals surface area contributed by atoms with Crippen molar-refractivity contribution in [2.45, 2.75) is 25.3 Å². The van der Waals surface area contributed by atoms with E-state index in [0.29, 0.717) is 6.04 Å². The molecule has 0 bridgehead atoms. The molecule has 72 valence electrons. The van der Waals surface area contributed by atoms with Gasteiger partial charge in [0.2, 0.25) is 0 Å². The second kappa shape index (κ2) is 5.14. The summed E-state index contributed by atoms with van der Waals surface area (Å²) < 4.78 is 0. The summed E-state index contributed by atoms with van der Waals surface area (Å²) >= 11 is 0. The van der Waals surface area contributed by atoms with Crippen LogP contribution in [-0.2, 0) is 0 Å². The van der Waals surface area contributed by atoms with Gasteiger partial charge in [0.05, 0.1) is 0 Å². The molecule has 3 nitrogen and oxygen atoms in total. The Morgan fingerprint density at radius 3 is 2.62 bits per heavy atom. The van der Waals surface area contributed by atoms with Gasteiger partial charge >= 0.3 is 0 Å². The average molecular weight is 200 g/mol. The lowest BCUT2D eigenvalue weighted by Crippen LogP contribution is -2.26. The summed E-state index contributed by atoms with van der Waals surface area (Å²) in [5.74, 6) is 0. The fraction of sp³-hybridized carbons (Fsp3) is 0.556. The smallest absolute Gasteiger partial charge is 0.115 e. The Kier molecular flexibility index (Phi) is 4.12. The molecule has 2 heterocycles. The van der Waals surface area contributed by atoms with Gasteiger partial charge in [-0.15, -0.1) is 12.4 Å². The van der Waals surface area contributed by atoms with Crippen LogP contribution in [0.25, 0.3) is 0 Å². The van der Waals surface area contributed by atoms with Crippen LogP contribution in [0.5, 0.6) is 0 Å². The number of aromatic nitrogens is 2. The summed E-state index contributed by atoms with van der Waals surface area (Å²) in [6, 6.07) is 0.486. The SMILES string of the molecule is Cl.c1ncc([C@@H]2CCCCN2)cn1. The first-order valence-electron chi connectivity index (χ1n) is 4.45. The third-order valence-electron chi connectivity index (χ3n) is 2.29. The van der Waals surface area contributed by atoms with E-state index < -0.39 is 0 Å². The number of nitrogens with zero attached hydrogens (tertiary/aromatic N) is 2. The summed E-state index contributed by atoms with van der Waals surface area (Å²) in [5.41, 5.74) is 1.22. The van der Waals surface area contributed by atoms with Gasteiger partial charge in [-0.2, -0.15) is 0 Å². The molecule has 1 aliphatic heterocycles. The number of nitrogens with one attached hydrogen (secondary N) is 1. The monoisotopic (exact) mass is 199 g/mol. The Hall–Kier alpha value is -0.670. The molecule has 0 saturated carbocycles. The first-order chi connectivity index (χ1) is 5.97. The Bertz CT molecular complexity index is 234. The summed E-state index contributed by atoms with van der Waals surface area (Å²) in [5, 5.41) is 3.46. The second-order valence-electron chi connectivity index (χ2n) is 3.17. The molecule has 1 aliphatic rings. The highest BCUT2D eigenvalue weighted by Gasteiger charge is 2.14. The number of halogens is 1. The first kappa shape index (κ1) is 10.4. The molecule has 1 fully saturated rings. The van der Waals surface area contributed by atoms with E-state index in [1.165, 1.54) is 24.8 Å². The third kappa shape index (κ3) is 2.64. The summed E-state index contributed by atoms with van der Waals surface area (Å²) in [4.78, 5) is 8.02. The molecule has 0 aliphatic carbocycles. The maximum atomic E-state index is 4.01. The molecule has 0 radical (unpaired) electrons. The molecule has 0 amide bonds. The van der Waals surface area contributed by atoms with E-state index in [-0.39, 0.29) is 12.4 Å². The largest absolute Gasteiger partial charge is 0.310 e.